The molecule has 0 aliphatic rings. The van der Waals surface area contributed by atoms with Gasteiger partial charge in [-0.15, -0.1) is 0 Å². The second kappa shape index (κ2) is 7.40. The summed E-state index contributed by atoms with van der Waals surface area (Å²) in [5.74, 6) is -0.372. The first-order valence-corrected chi connectivity index (χ1v) is 7.29. The van der Waals surface area contributed by atoms with Gasteiger partial charge in [-0.3, -0.25) is 14.9 Å². The van der Waals surface area contributed by atoms with Gasteiger partial charge in [0.15, 0.2) is 0 Å². The zero-order chi connectivity index (χ0) is 16.8. The molecule has 1 atom stereocenters. The van der Waals surface area contributed by atoms with E-state index in [1.807, 2.05) is 38.1 Å². The number of rotatable bonds is 6. The van der Waals surface area contributed by atoms with Crippen LogP contribution >= 0.6 is 0 Å². The number of hydrogen-bond acceptors (Lipinski definition) is 4. The lowest BCUT2D eigenvalue weighted by molar-refractivity contribution is -0.402. The molecule has 2 rings (SSSR count). The Bertz CT molecular complexity index is 716. The maximum Gasteiger partial charge on any atom is 0.433 e. The Morgan fingerprint density at radius 2 is 2.00 bits per heavy atom. The third kappa shape index (κ3) is 4.54. The molecule has 0 saturated heterocycles. The van der Waals surface area contributed by atoms with E-state index in [9.17, 15) is 14.9 Å². The molecule has 1 amide bonds. The fourth-order valence-electron chi connectivity index (χ4n) is 2.13. The molecule has 0 fully saturated rings. The summed E-state index contributed by atoms with van der Waals surface area (Å²) in [5, 5.41) is 13.4. The van der Waals surface area contributed by atoms with Crippen LogP contribution in [0.5, 0.6) is 0 Å². The van der Waals surface area contributed by atoms with Crippen LogP contribution in [0.1, 0.15) is 36.3 Å². The third-order valence-electron chi connectivity index (χ3n) is 3.40. The topological polar surface area (TPSA) is 85.4 Å². The monoisotopic (exact) mass is 314 g/mol. The summed E-state index contributed by atoms with van der Waals surface area (Å²) in [4.78, 5) is 21.9. The first kappa shape index (κ1) is 16.5. The zero-order valence-corrected chi connectivity index (χ0v) is 13.0. The molecule has 6 heteroatoms. The lowest BCUT2D eigenvalue weighted by atomic mass is 10.0. The van der Waals surface area contributed by atoms with Crippen molar-refractivity contribution in [3.8, 4) is 0 Å². The van der Waals surface area contributed by atoms with E-state index in [4.69, 9.17) is 4.42 Å². The van der Waals surface area contributed by atoms with Gasteiger partial charge in [-0.2, -0.15) is 0 Å². The van der Waals surface area contributed by atoms with Gasteiger partial charge in [0, 0.05) is 6.08 Å². The van der Waals surface area contributed by atoms with Crippen LogP contribution in [0.2, 0.25) is 0 Å². The quantitative estimate of drug-likeness (QED) is 0.499. The van der Waals surface area contributed by atoms with E-state index in [0.717, 1.165) is 17.5 Å². The number of benzene rings is 1. The van der Waals surface area contributed by atoms with E-state index < -0.39 is 4.92 Å². The van der Waals surface area contributed by atoms with Crippen LogP contribution < -0.4 is 5.32 Å². The van der Waals surface area contributed by atoms with Crippen molar-refractivity contribution in [1.29, 1.82) is 0 Å². The lowest BCUT2D eigenvalue weighted by Gasteiger charge is -2.16. The highest BCUT2D eigenvalue weighted by molar-refractivity contribution is 5.91. The van der Waals surface area contributed by atoms with Crippen molar-refractivity contribution in [1.82, 2.24) is 5.32 Å². The lowest BCUT2D eigenvalue weighted by Crippen LogP contribution is -2.26. The molecular weight excluding hydrogens is 296 g/mol. The van der Waals surface area contributed by atoms with E-state index in [-0.39, 0.29) is 23.6 Å². The van der Waals surface area contributed by atoms with Crippen LogP contribution in [-0.4, -0.2) is 10.8 Å². The zero-order valence-electron chi connectivity index (χ0n) is 13.0. The molecule has 1 aromatic heterocycles. The SMILES string of the molecule is CC[C@@H](NC(=O)/C=C/c1ccc([N+](=O)[O-])o1)c1ccc(C)cc1. The maximum absolute atomic E-state index is 12.0. The van der Waals surface area contributed by atoms with E-state index in [1.54, 1.807) is 0 Å². The molecule has 0 unspecified atom stereocenters. The molecule has 0 spiro atoms. The van der Waals surface area contributed by atoms with E-state index in [2.05, 4.69) is 5.32 Å². The molecule has 6 nitrogen and oxygen atoms in total. The second-order valence-electron chi connectivity index (χ2n) is 5.15. The van der Waals surface area contributed by atoms with E-state index in [1.165, 1.54) is 24.3 Å². The van der Waals surface area contributed by atoms with Crippen molar-refractivity contribution >= 4 is 17.9 Å². The van der Waals surface area contributed by atoms with Gasteiger partial charge in [0.1, 0.15) is 10.7 Å². The highest BCUT2D eigenvalue weighted by Gasteiger charge is 2.12. The van der Waals surface area contributed by atoms with Gasteiger partial charge < -0.3 is 9.73 Å². The van der Waals surface area contributed by atoms with Crippen LogP contribution in [0.25, 0.3) is 6.08 Å². The largest absolute Gasteiger partial charge is 0.433 e. The Balaban J connectivity index is 2.00. The van der Waals surface area contributed by atoms with E-state index >= 15 is 0 Å². The van der Waals surface area contributed by atoms with Crippen LogP contribution in [0.15, 0.2) is 46.9 Å². The summed E-state index contributed by atoms with van der Waals surface area (Å²) in [7, 11) is 0. The van der Waals surface area contributed by atoms with Crippen LogP contribution in [0, 0.1) is 17.0 Å². The number of nitrogens with one attached hydrogen (secondary N) is 1. The van der Waals surface area contributed by atoms with Crippen molar-refractivity contribution in [2.45, 2.75) is 26.3 Å². The predicted molar refractivity (Wildman–Crippen MR) is 86.8 cm³/mol. The van der Waals surface area contributed by atoms with Crippen molar-refractivity contribution in [2.24, 2.45) is 0 Å². The summed E-state index contributed by atoms with van der Waals surface area (Å²) < 4.78 is 4.96. The van der Waals surface area contributed by atoms with Crippen molar-refractivity contribution in [2.75, 3.05) is 0 Å². The number of aryl methyl sites for hydroxylation is 1. The Morgan fingerprint density at radius 1 is 1.30 bits per heavy atom. The predicted octanol–water partition coefficient (Wildman–Crippen LogP) is 3.78. The average molecular weight is 314 g/mol. The second-order valence-corrected chi connectivity index (χ2v) is 5.15. The molecule has 2 aromatic rings. The van der Waals surface area contributed by atoms with Gasteiger partial charge >= 0.3 is 5.88 Å². The minimum Gasteiger partial charge on any atom is -0.401 e. The number of carbonyl (C=O) groups excluding carboxylic acids is 1. The molecule has 0 radical (unpaired) electrons. The number of amides is 1. The van der Waals surface area contributed by atoms with Crippen molar-refractivity contribution in [3.63, 3.8) is 0 Å². The summed E-state index contributed by atoms with van der Waals surface area (Å²) in [6, 6.07) is 10.6. The molecule has 1 aromatic carbocycles. The number of furan rings is 1. The number of nitro groups is 1. The standard InChI is InChI=1S/C17H18N2O4/c1-3-15(13-6-4-12(2)5-7-13)18-16(20)10-8-14-9-11-17(23-14)19(21)22/h4-11,15H,3H2,1-2H3,(H,18,20)/b10-8+/t15-/m1/s1. The molecule has 0 bridgehead atoms. The molecular formula is C17H18N2O4. The van der Waals surface area contributed by atoms with Gasteiger partial charge in [0.25, 0.3) is 0 Å². The number of carbonyl (C=O) groups is 1. The molecule has 23 heavy (non-hydrogen) atoms. The van der Waals surface area contributed by atoms with Gasteiger partial charge in [0.2, 0.25) is 5.91 Å². The maximum atomic E-state index is 12.0. The summed E-state index contributed by atoms with van der Waals surface area (Å²) >= 11 is 0. The van der Waals surface area contributed by atoms with Gasteiger partial charge in [0.05, 0.1) is 12.1 Å². The fraction of sp³-hybridized carbons (Fsp3) is 0.235. The number of nitrogens with zero attached hydrogens (tertiary/aromatic N) is 1. The summed E-state index contributed by atoms with van der Waals surface area (Å²) in [6.07, 6.45) is 3.47. The molecule has 0 aliphatic carbocycles. The highest BCUT2D eigenvalue weighted by Crippen LogP contribution is 2.18. The summed E-state index contributed by atoms with van der Waals surface area (Å²) in [5.41, 5.74) is 2.20. The molecule has 1 N–H and O–H groups in total. The van der Waals surface area contributed by atoms with Gasteiger partial charge in [-0.25, -0.2) is 0 Å². The normalized spacial score (nSPS) is 12.3. The first-order chi connectivity index (χ1) is 11.0. The Morgan fingerprint density at radius 3 is 2.57 bits per heavy atom. The Labute approximate surface area is 134 Å². The minimum absolute atomic E-state index is 0.0845. The Kier molecular flexibility index (Phi) is 5.30. The smallest absolute Gasteiger partial charge is 0.401 e. The number of hydrogen-bond donors (Lipinski definition) is 1. The molecule has 120 valence electrons. The van der Waals surface area contributed by atoms with Crippen molar-refractivity contribution in [3.05, 3.63) is 69.5 Å². The minimum atomic E-state index is -0.623. The van der Waals surface area contributed by atoms with Crippen LogP contribution in [0.3, 0.4) is 0 Å². The van der Waals surface area contributed by atoms with Crippen LogP contribution in [-0.2, 0) is 4.79 Å². The Hall–Kier alpha value is -2.89. The van der Waals surface area contributed by atoms with Gasteiger partial charge in [-0.1, -0.05) is 36.8 Å². The average Bonchev–Trinajstić information content (AvgIpc) is 3.01. The van der Waals surface area contributed by atoms with Crippen LogP contribution in [0.4, 0.5) is 5.88 Å². The molecule has 0 saturated carbocycles. The third-order valence-corrected chi connectivity index (χ3v) is 3.40. The highest BCUT2D eigenvalue weighted by atomic mass is 16.6. The van der Waals surface area contributed by atoms with E-state index in [0.29, 0.717) is 0 Å². The van der Waals surface area contributed by atoms with Gasteiger partial charge in [-0.05, 0) is 31.1 Å². The fourth-order valence-corrected chi connectivity index (χ4v) is 2.13. The molecule has 1 heterocycles. The summed E-state index contributed by atoms with van der Waals surface area (Å²) in [6.45, 7) is 4.00. The molecule has 0 aliphatic heterocycles. The first-order valence-electron chi connectivity index (χ1n) is 7.29. The van der Waals surface area contributed by atoms with Crippen molar-refractivity contribution < 1.29 is 14.1 Å².